The Balaban J connectivity index is 1.64. The molecule has 0 aliphatic carbocycles. The molecule has 3 rings (SSSR count). The maximum Gasteiger partial charge on any atom is 0.171 e. The molecule has 0 saturated heterocycles. The zero-order valence-corrected chi connectivity index (χ0v) is 11.7. The standard InChI is InChI=1S/C14H15N3O2S/c18-20(19)7-6-12(10-20)9-14-15-13(16-17-14)8-11-4-2-1-3-5-11/h1-7,12H,8-10H2,(H,15,16,17)/t12-/m0/s1. The maximum absolute atomic E-state index is 11.3. The topological polar surface area (TPSA) is 75.7 Å². The van der Waals surface area contributed by atoms with Crippen molar-refractivity contribution >= 4 is 9.84 Å². The Morgan fingerprint density at radius 1 is 1.25 bits per heavy atom. The van der Waals surface area contributed by atoms with E-state index < -0.39 is 9.84 Å². The Kier molecular flexibility index (Phi) is 3.40. The van der Waals surface area contributed by atoms with E-state index in [1.807, 2.05) is 30.3 Å². The second-order valence-corrected chi connectivity index (χ2v) is 6.91. The van der Waals surface area contributed by atoms with Crippen LogP contribution in [0.25, 0.3) is 0 Å². The number of rotatable bonds is 4. The largest absolute Gasteiger partial charge is 0.263 e. The summed E-state index contributed by atoms with van der Waals surface area (Å²) >= 11 is 0. The molecule has 1 aliphatic rings. The lowest BCUT2D eigenvalue weighted by molar-refractivity contribution is 0.595. The predicted octanol–water partition coefficient (Wildman–Crippen LogP) is 1.50. The van der Waals surface area contributed by atoms with Gasteiger partial charge in [-0.2, -0.15) is 5.10 Å². The van der Waals surface area contributed by atoms with Gasteiger partial charge < -0.3 is 0 Å². The molecule has 0 saturated carbocycles. The number of allylic oxidation sites excluding steroid dienone is 1. The molecule has 0 radical (unpaired) electrons. The van der Waals surface area contributed by atoms with Crippen molar-refractivity contribution < 1.29 is 8.42 Å². The van der Waals surface area contributed by atoms with Crippen LogP contribution in [0.2, 0.25) is 0 Å². The van der Waals surface area contributed by atoms with E-state index >= 15 is 0 Å². The van der Waals surface area contributed by atoms with Gasteiger partial charge in [-0.15, -0.1) is 0 Å². The van der Waals surface area contributed by atoms with Gasteiger partial charge in [0, 0.05) is 18.2 Å². The summed E-state index contributed by atoms with van der Waals surface area (Å²) in [6, 6.07) is 10.0. The molecule has 0 bridgehead atoms. The summed E-state index contributed by atoms with van der Waals surface area (Å²) in [5.74, 6) is 1.62. The molecular formula is C14H15N3O2S. The van der Waals surface area contributed by atoms with Gasteiger partial charge in [0.1, 0.15) is 5.82 Å². The number of sulfone groups is 1. The summed E-state index contributed by atoms with van der Waals surface area (Å²) in [7, 11) is -3.00. The quantitative estimate of drug-likeness (QED) is 0.925. The predicted molar refractivity (Wildman–Crippen MR) is 75.8 cm³/mol. The van der Waals surface area contributed by atoms with Gasteiger partial charge in [-0.25, -0.2) is 13.4 Å². The van der Waals surface area contributed by atoms with E-state index in [-0.39, 0.29) is 11.7 Å². The fraction of sp³-hybridized carbons (Fsp3) is 0.286. The molecule has 104 valence electrons. The molecule has 0 unspecified atom stereocenters. The van der Waals surface area contributed by atoms with E-state index in [9.17, 15) is 8.42 Å². The van der Waals surface area contributed by atoms with E-state index in [1.165, 1.54) is 11.0 Å². The van der Waals surface area contributed by atoms with Gasteiger partial charge in [-0.3, -0.25) is 5.10 Å². The molecule has 2 heterocycles. The van der Waals surface area contributed by atoms with Gasteiger partial charge >= 0.3 is 0 Å². The number of nitrogens with zero attached hydrogens (tertiary/aromatic N) is 2. The Labute approximate surface area is 117 Å². The number of benzene rings is 1. The van der Waals surface area contributed by atoms with Gasteiger partial charge in [0.2, 0.25) is 0 Å². The minimum Gasteiger partial charge on any atom is -0.263 e. The number of aromatic amines is 1. The smallest absolute Gasteiger partial charge is 0.171 e. The molecule has 1 atom stereocenters. The lowest BCUT2D eigenvalue weighted by Gasteiger charge is -2.01. The third-order valence-electron chi connectivity index (χ3n) is 3.24. The molecular weight excluding hydrogens is 274 g/mol. The minimum atomic E-state index is -3.00. The van der Waals surface area contributed by atoms with Crippen LogP contribution in [-0.4, -0.2) is 29.4 Å². The van der Waals surface area contributed by atoms with Gasteiger partial charge in [-0.05, 0) is 11.5 Å². The lowest BCUT2D eigenvalue weighted by atomic mass is 10.1. The first-order valence-corrected chi connectivity index (χ1v) is 8.17. The normalized spacial score (nSPS) is 20.3. The van der Waals surface area contributed by atoms with Crippen molar-refractivity contribution in [2.75, 3.05) is 5.75 Å². The maximum atomic E-state index is 11.3. The Bertz CT molecular complexity index is 720. The fourth-order valence-corrected chi connectivity index (χ4v) is 3.69. The highest BCUT2D eigenvalue weighted by Gasteiger charge is 2.23. The van der Waals surface area contributed by atoms with Gasteiger partial charge in [-0.1, -0.05) is 36.4 Å². The first-order chi connectivity index (χ1) is 9.61. The second-order valence-electron chi connectivity index (χ2n) is 4.98. The first-order valence-electron chi connectivity index (χ1n) is 6.46. The molecule has 0 fully saturated rings. The van der Waals surface area contributed by atoms with E-state index in [1.54, 1.807) is 6.08 Å². The SMILES string of the molecule is O=S1(=O)C=C[C@@H](Cc2n[nH]c(Cc3ccccc3)n2)C1. The van der Waals surface area contributed by atoms with Crippen LogP contribution in [0.3, 0.4) is 0 Å². The Hall–Kier alpha value is -1.95. The molecule has 1 aromatic carbocycles. The average molecular weight is 289 g/mol. The monoisotopic (exact) mass is 289 g/mol. The second kappa shape index (κ2) is 5.20. The van der Waals surface area contributed by atoms with Crippen LogP contribution in [0.4, 0.5) is 0 Å². The molecule has 2 aromatic rings. The van der Waals surface area contributed by atoms with E-state index in [2.05, 4.69) is 15.2 Å². The summed E-state index contributed by atoms with van der Waals surface area (Å²) in [5, 5.41) is 8.36. The summed E-state index contributed by atoms with van der Waals surface area (Å²) in [5.41, 5.74) is 1.17. The van der Waals surface area contributed by atoms with Crippen molar-refractivity contribution in [1.29, 1.82) is 0 Å². The average Bonchev–Trinajstić information content (AvgIpc) is 2.98. The van der Waals surface area contributed by atoms with Crippen LogP contribution in [0, 0.1) is 5.92 Å². The molecule has 6 heteroatoms. The van der Waals surface area contributed by atoms with Crippen molar-refractivity contribution in [3.63, 3.8) is 0 Å². The molecule has 0 spiro atoms. The molecule has 0 amide bonds. The van der Waals surface area contributed by atoms with E-state index in [0.717, 1.165) is 5.82 Å². The minimum absolute atomic E-state index is 0.0135. The van der Waals surface area contributed by atoms with Crippen LogP contribution in [0.1, 0.15) is 17.2 Å². The van der Waals surface area contributed by atoms with E-state index in [0.29, 0.717) is 18.7 Å². The highest BCUT2D eigenvalue weighted by atomic mass is 32.2. The summed E-state index contributed by atoms with van der Waals surface area (Å²) in [4.78, 5) is 4.42. The van der Waals surface area contributed by atoms with Gasteiger partial charge in [0.15, 0.2) is 15.7 Å². The van der Waals surface area contributed by atoms with Crippen LogP contribution in [0.5, 0.6) is 0 Å². The fourth-order valence-electron chi connectivity index (χ4n) is 2.30. The highest BCUT2D eigenvalue weighted by Crippen LogP contribution is 2.18. The molecule has 1 aliphatic heterocycles. The van der Waals surface area contributed by atoms with Crippen LogP contribution in [0.15, 0.2) is 41.8 Å². The van der Waals surface area contributed by atoms with Crippen LogP contribution < -0.4 is 0 Å². The van der Waals surface area contributed by atoms with Crippen molar-refractivity contribution in [3.8, 4) is 0 Å². The zero-order valence-electron chi connectivity index (χ0n) is 10.9. The third kappa shape index (κ3) is 3.14. The van der Waals surface area contributed by atoms with Crippen molar-refractivity contribution in [2.24, 2.45) is 5.92 Å². The molecule has 5 nitrogen and oxygen atoms in total. The summed E-state index contributed by atoms with van der Waals surface area (Å²) in [6.45, 7) is 0. The third-order valence-corrected chi connectivity index (χ3v) is 4.71. The molecule has 1 N–H and O–H groups in total. The molecule has 20 heavy (non-hydrogen) atoms. The Morgan fingerprint density at radius 3 is 2.75 bits per heavy atom. The Morgan fingerprint density at radius 2 is 2.05 bits per heavy atom. The number of hydrogen-bond acceptors (Lipinski definition) is 4. The number of aromatic nitrogens is 3. The number of hydrogen-bond donors (Lipinski definition) is 1. The number of H-pyrrole nitrogens is 1. The van der Waals surface area contributed by atoms with Crippen LogP contribution in [-0.2, 0) is 22.7 Å². The van der Waals surface area contributed by atoms with Gasteiger partial charge in [0.25, 0.3) is 0 Å². The summed E-state index contributed by atoms with van der Waals surface area (Å²) in [6.07, 6.45) is 2.98. The number of nitrogens with one attached hydrogen (secondary N) is 1. The van der Waals surface area contributed by atoms with E-state index in [4.69, 9.17) is 0 Å². The molecule has 1 aromatic heterocycles. The van der Waals surface area contributed by atoms with Crippen molar-refractivity contribution in [2.45, 2.75) is 12.8 Å². The highest BCUT2D eigenvalue weighted by molar-refractivity contribution is 7.94. The first kappa shape index (κ1) is 13.1. The zero-order chi connectivity index (χ0) is 14.0. The van der Waals surface area contributed by atoms with Crippen LogP contribution >= 0.6 is 0 Å². The van der Waals surface area contributed by atoms with Gasteiger partial charge in [0.05, 0.1) is 5.75 Å². The van der Waals surface area contributed by atoms with Crippen molar-refractivity contribution in [1.82, 2.24) is 15.2 Å². The summed E-state index contributed by atoms with van der Waals surface area (Å²) < 4.78 is 22.7. The lowest BCUT2D eigenvalue weighted by Crippen LogP contribution is -2.09. The van der Waals surface area contributed by atoms with Crippen molar-refractivity contribution in [3.05, 3.63) is 59.0 Å².